The molecule has 2 aromatic rings. The normalized spacial score (nSPS) is 18.1. The molecule has 0 aromatic carbocycles. The summed E-state index contributed by atoms with van der Waals surface area (Å²) in [6.45, 7) is 3.09. The van der Waals surface area contributed by atoms with Gasteiger partial charge in [-0.2, -0.15) is 0 Å². The molecule has 23 heavy (non-hydrogen) atoms. The highest BCUT2D eigenvalue weighted by molar-refractivity contribution is 5.96. The fourth-order valence-electron chi connectivity index (χ4n) is 2.70. The van der Waals surface area contributed by atoms with Crippen molar-refractivity contribution in [3.05, 3.63) is 47.3 Å². The third-order valence-corrected chi connectivity index (χ3v) is 3.79. The smallest absolute Gasteiger partial charge is 0.258 e. The zero-order valence-electron chi connectivity index (χ0n) is 12.8. The number of nitrogens with zero attached hydrogens (tertiary/aromatic N) is 1. The monoisotopic (exact) mass is 318 g/mol. The molecule has 1 atom stereocenters. The maximum absolute atomic E-state index is 12.9. The molecule has 0 bridgehead atoms. The van der Waals surface area contributed by atoms with Crippen molar-refractivity contribution in [3.8, 4) is 0 Å². The number of furan rings is 2. The quantitative estimate of drug-likeness (QED) is 0.919. The number of ether oxygens (including phenoxy) is 1. The van der Waals surface area contributed by atoms with Gasteiger partial charge in [-0.15, -0.1) is 0 Å². The zero-order valence-corrected chi connectivity index (χ0v) is 12.8. The average molecular weight is 318 g/mol. The van der Waals surface area contributed by atoms with Gasteiger partial charge in [-0.1, -0.05) is 0 Å². The summed E-state index contributed by atoms with van der Waals surface area (Å²) in [5, 5.41) is 0. The molecule has 0 spiro atoms. The van der Waals surface area contributed by atoms with Gasteiger partial charge in [-0.25, -0.2) is 0 Å². The van der Waals surface area contributed by atoms with E-state index in [9.17, 15) is 9.59 Å². The Bertz CT molecular complexity index is 718. The predicted molar refractivity (Wildman–Crippen MR) is 79.6 cm³/mol. The van der Waals surface area contributed by atoms with E-state index in [-0.39, 0.29) is 24.1 Å². The SMILES string of the molecule is Cc1ccc(C2COCCN2C(=O)c2ccoc2CC(N)=O)o1. The molecule has 7 nitrogen and oxygen atoms in total. The second kappa shape index (κ2) is 6.29. The highest BCUT2D eigenvalue weighted by atomic mass is 16.5. The Balaban J connectivity index is 1.87. The van der Waals surface area contributed by atoms with Crippen LogP contribution in [0.3, 0.4) is 0 Å². The number of carbonyl (C=O) groups excluding carboxylic acids is 2. The van der Waals surface area contributed by atoms with Crippen molar-refractivity contribution in [2.45, 2.75) is 19.4 Å². The predicted octanol–water partition coefficient (Wildman–Crippen LogP) is 1.42. The van der Waals surface area contributed by atoms with E-state index in [4.69, 9.17) is 19.3 Å². The summed E-state index contributed by atoms with van der Waals surface area (Å²) in [4.78, 5) is 25.7. The van der Waals surface area contributed by atoms with E-state index in [0.29, 0.717) is 31.1 Å². The van der Waals surface area contributed by atoms with E-state index in [2.05, 4.69) is 0 Å². The first-order valence-corrected chi connectivity index (χ1v) is 7.36. The van der Waals surface area contributed by atoms with Gasteiger partial charge in [0.25, 0.3) is 5.91 Å². The number of carbonyl (C=O) groups is 2. The van der Waals surface area contributed by atoms with Crippen LogP contribution >= 0.6 is 0 Å². The molecule has 1 unspecified atom stereocenters. The number of amides is 2. The van der Waals surface area contributed by atoms with Crippen LogP contribution in [0, 0.1) is 6.92 Å². The summed E-state index contributed by atoms with van der Waals surface area (Å²) in [5.74, 6) is 0.959. The Kier molecular flexibility index (Phi) is 4.20. The van der Waals surface area contributed by atoms with Gasteiger partial charge in [0.1, 0.15) is 23.3 Å². The highest BCUT2D eigenvalue weighted by Gasteiger charge is 2.33. The minimum Gasteiger partial charge on any atom is -0.468 e. The Hall–Kier alpha value is -2.54. The Labute approximate surface area is 133 Å². The Morgan fingerprint density at radius 2 is 2.17 bits per heavy atom. The van der Waals surface area contributed by atoms with Crippen molar-refractivity contribution in [1.29, 1.82) is 0 Å². The minimum absolute atomic E-state index is 0.108. The van der Waals surface area contributed by atoms with Gasteiger partial charge in [-0.3, -0.25) is 9.59 Å². The molecule has 7 heteroatoms. The van der Waals surface area contributed by atoms with Crippen molar-refractivity contribution in [1.82, 2.24) is 4.90 Å². The fourth-order valence-corrected chi connectivity index (χ4v) is 2.70. The number of hydrogen-bond donors (Lipinski definition) is 1. The number of rotatable bonds is 4. The number of morpholine rings is 1. The van der Waals surface area contributed by atoms with Crippen LogP contribution in [0.5, 0.6) is 0 Å². The van der Waals surface area contributed by atoms with Crippen LogP contribution in [-0.2, 0) is 16.0 Å². The fraction of sp³-hybridized carbons (Fsp3) is 0.375. The van der Waals surface area contributed by atoms with Crippen LogP contribution < -0.4 is 5.73 Å². The maximum Gasteiger partial charge on any atom is 0.258 e. The summed E-state index contributed by atoms with van der Waals surface area (Å²) >= 11 is 0. The Morgan fingerprint density at radius 3 is 2.87 bits per heavy atom. The summed E-state index contributed by atoms with van der Waals surface area (Å²) < 4.78 is 16.4. The van der Waals surface area contributed by atoms with E-state index in [1.807, 2.05) is 19.1 Å². The molecule has 0 saturated carbocycles. The van der Waals surface area contributed by atoms with Crippen LogP contribution in [0.25, 0.3) is 0 Å². The first-order valence-electron chi connectivity index (χ1n) is 7.36. The molecule has 122 valence electrons. The van der Waals surface area contributed by atoms with Crippen LogP contribution in [0.1, 0.15) is 33.7 Å². The minimum atomic E-state index is -0.547. The number of primary amides is 1. The molecule has 1 aliphatic heterocycles. The van der Waals surface area contributed by atoms with Gasteiger partial charge in [0.15, 0.2) is 0 Å². The van der Waals surface area contributed by atoms with Crippen molar-refractivity contribution < 1.29 is 23.2 Å². The molecule has 0 radical (unpaired) electrons. The maximum atomic E-state index is 12.9. The van der Waals surface area contributed by atoms with Gasteiger partial charge >= 0.3 is 0 Å². The van der Waals surface area contributed by atoms with Gasteiger partial charge in [-0.05, 0) is 25.1 Å². The number of hydrogen-bond acceptors (Lipinski definition) is 5. The zero-order chi connectivity index (χ0) is 16.4. The molecule has 2 N–H and O–H groups in total. The van der Waals surface area contributed by atoms with E-state index >= 15 is 0 Å². The molecule has 1 fully saturated rings. The molecular weight excluding hydrogens is 300 g/mol. The third-order valence-electron chi connectivity index (χ3n) is 3.79. The lowest BCUT2D eigenvalue weighted by Crippen LogP contribution is -2.43. The van der Waals surface area contributed by atoms with Gasteiger partial charge in [0.05, 0.1) is 31.5 Å². The summed E-state index contributed by atoms with van der Waals surface area (Å²) in [7, 11) is 0. The van der Waals surface area contributed by atoms with Crippen molar-refractivity contribution in [2.75, 3.05) is 19.8 Å². The summed E-state index contributed by atoms with van der Waals surface area (Å²) in [6.07, 6.45) is 1.28. The van der Waals surface area contributed by atoms with Gasteiger partial charge < -0.3 is 24.2 Å². The molecular formula is C16H18N2O5. The molecule has 3 rings (SSSR count). The standard InChI is InChI=1S/C16H18N2O5/c1-10-2-3-13(23-10)12-9-21-7-5-18(12)16(20)11-4-6-22-14(11)8-15(17)19/h2-4,6,12H,5,7-9H2,1H3,(H2,17,19). The van der Waals surface area contributed by atoms with E-state index in [0.717, 1.165) is 5.76 Å². The van der Waals surface area contributed by atoms with Crippen LogP contribution in [0.2, 0.25) is 0 Å². The average Bonchev–Trinajstić information content (AvgIpc) is 3.15. The van der Waals surface area contributed by atoms with Crippen LogP contribution in [0.15, 0.2) is 33.3 Å². The van der Waals surface area contributed by atoms with Crippen LogP contribution in [-0.4, -0.2) is 36.5 Å². The first kappa shape index (κ1) is 15.4. The lowest BCUT2D eigenvalue weighted by Gasteiger charge is -2.34. The first-order chi connectivity index (χ1) is 11.1. The Morgan fingerprint density at radius 1 is 1.35 bits per heavy atom. The van der Waals surface area contributed by atoms with E-state index in [1.54, 1.807) is 11.0 Å². The van der Waals surface area contributed by atoms with Crippen molar-refractivity contribution in [2.24, 2.45) is 5.73 Å². The van der Waals surface area contributed by atoms with E-state index in [1.165, 1.54) is 6.26 Å². The molecule has 2 aromatic heterocycles. The largest absolute Gasteiger partial charge is 0.468 e. The van der Waals surface area contributed by atoms with E-state index < -0.39 is 5.91 Å². The second-order valence-corrected chi connectivity index (χ2v) is 5.44. The van der Waals surface area contributed by atoms with Crippen molar-refractivity contribution in [3.63, 3.8) is 0 Å². The molecule has 3 heterocycles. The molecule has 2 amide bonds. The second-order valence-electron chi connectivity index (χ2n) is 5.44. The van der Waals surface area contributed by atoms with Crippen molar-refractivity contribution >= 4 is 11.8 Å². The van der Waals surface area contributed by atoms with Gasteiger partial charge in [0, 0.05) is 6.54 Å². The lowest BCUT2D eigenvalue weighted by atomic mass is 10.1. The topological polar surface area (TPSA) is 98.9 Å². The molecule has 1 aliphatic rings. The third kappa shape index (κ3) is 3.14. The highest BCUT2D eigenvalue weighted by Crippen LogP contribution is 2.28. The molecule has 0 aliphatic carbocycles. The number of nitrogens with two attached hydrogens (primary N) is 1. The number of aryl methyl sites for hydroxylation is 1. The summed E-state index contributed by atoms with van der Waals surface area (Å²) in [5.41, 5.74) is 5.54. The van der Waals surface area contributed by atoms with Gasteiger partial charge in [0.2, 0.25) is 5.91 Å². The summed E-state index contributed by atoms with van der Waals surface area (Å²) in [6, 6.07) is 4.94. The lowest BCUT2D eigenvalue weighted by molar-refractivity contribution is -0.117. The van der Waals surface area contributed by atoms with Crippen LogP contribution in [0.4, 0.5) is 0 Å². The molecule has 1 saturated heterocycles.